The van der Waals surface area contributed by atoms with Crippen LogP contribution in [0, 0.1) is 12.3 Å². The van der Waals surface area contributed by atoms with Gasteiger partial charge in [0, 0.05) is 13.1 Å². The molecule has 1 aromatic rings. The molecule has 1 unspecified atom stereocenters. The van der Waals surface area contributed by atoms with Crippen molar-refractivity contribution in [2.24, 2.45) is 0 Å². The summed E-state index contributed by atoms with van der Waals surface area (Å²) in [5.74, 6) is 2.69. The Hall–Kier alpha value is -1.53. The lowest BCUT2D eigenvalue weighted by Crippen LogP contribution is -2.31. The van der Waals surface area contributed by atoms with Gasteiger partial charge in [0.15, 0.2) is 6.10 Å². The Kier molecular flexibility index (Phi) is 5.23. The number of ether oxygens (including phenoxy) is 1. The fourth-order valence-electron chi connectivity index (χ4n) is 2.21. The lowest BCUT2D eigenvalue weighted by molar-refractivity contribution is 0.201. The molecule has 2 rings (SSSR count). The number of aryl methyl sites for hydroxylation is 1. The Labute approximate surface area is 120 Å². The van der Waals surface area contributed by atoms with Crippen molar-refractivity contribution < 1.29 is 4.74 Å². The van der Waals surface area contributed by atoms with Gasteiger partial charge < -0.3 is 9.64 Å². The molecule has 0 aliphatic carbocycles. The highest BCUT2D eigenvalue weighted by Gasteiger charge is 2.18. The zero-order chi connectivity index (χ0) is 13.5. The fraction of sp³-hybridized carbons (Fsp3) is 0.438. The van der Waals surface area contributed by atoms with Crippen LogP contribution in [0.25, 0.3) is 0 Å². The van der Waals surface area contributed by atoms with Gasteiger partial charge in [-0.15, -0.1) is 6.42 Å². The summed E-state index contributed by atoms with van der Waals surface area (Å²) >= 11 is 5.30. The third-order valence-corrected chi connectivity index (χ3v) is 3.69. The molecule has 0 N–H and O–H groups in total. The van der Waals surface area contributed by atoms with Crippen LogP contribution in [0.4, 0.5) is 0 Å². The number of terminal acetylenes is 1. The molecule has 19 heavy (non-hydrogen) atoms. The molecule has 0 saturated carbocycles. The monoisotopic (exact) mass is 273 g/mol. The summed E-state index contributed by atoms with van der Waals surface area (Å²) in [5, 5.41) is 0.563. The van der Waals surface area contributed by atoms with E-state index in [-0.39, 0.29) is 6.10 Å². The maximum absolute atomic E-state index is 5.73. The maximum Gasteiger partial charge on any atom is 0.260 e. The molecule has 0 aromatic heterocycles. The quantitative estimate of drug-likeness (QED) is 0.618. The van der Waals surface area contributed by atoms with Crippen LogP contribution in [0.5, 0.6) is 0 Å². The molecule has 2 nitrogen and oxygen atoms in total. The predicted molar refractivity (Wildman–Crippen MR) is 81.9 cm³/mol. The Morgan fingerprint density at radius 1 is 1.32 bits per heavy atom. The second-order valence-electron chi connectivity index (χ2n) is 4.76. The first-order valence-corrected chi connectivity index (χ1v) is 7.16. The average Bonchev–Trinajstić information content (AvgIpc) is 2.98. The highest BCUT2D eigenvalue weighted by atomic mass is 32.1. The first-order chi connectivity index (χ1) is 9.29. The number of hydrogen-bond donors (Lipinski definition) is 0. The summed E-state index contributed by atoms with van der Waals surface area (Å²) in [6.07, 6.45) is 9.39. The fourth-order valence-corrected chi connectivity index (χ4v) is 2.51. The van der Waals surface area contributed by atoms with Crippen molar-refractivity contribution in [2.75, 3.05) is 13.1 Å². The number of likely N-dealkylation sites (tertiary alicyclic amines) is 1. The second kappa shape index (κ2) is 7.16. The first kappa shape index (κ1) is 13.9. The molecule has 1 saturated heterocycles. The second-order valence-corrected chi connectivity index (χ2v) is 5.11. The third kappa shape index (κ3) is 4.25. The molecule has 3 heteroatoms. The molecule has 1 fully saturated rings. The van der Waals surface area contributed by atoms with Crippen LogP contribution >= 0.6 is 12.2 Å². The molecule has 1 aliphatic rings. The summed E-state index contributed by atoms with van der Waals surface area (Å²) in [4.78, 5) is 2.10. The van der Waals surface area contributed by atoms with Gasteiger partial charge in [0.1, 0.15) is 0 Å². The molecule has 1 aromatic carbocycles. The van der Waals surface area contributed by atoms with E-state index >= 15 is 0 Å². The molecule has 1 atom stereocenters. The summed E-state index contributed by atoms with van der Waals surface area (Å²) in [7, 11) is 0. The number of rotatable bonds is 4. The van der Waals surface area contributed by atoms with Crippen molar-refractivity contribution in [3.8, 4) is 12.3 Å². The van der Waals surface area contributed by atoms with E-state index in [1.165, 1.54) is 18.4 Å². The number of benzene rings is 1. The Bertz CT molecular complexity index is 446. The van der Waals surface area contributed by atoms with Crippen LogP contribution in [0.1, 0.15) is 24.8 Å². The Balaban J connectivity index is 1.80. The van der Waals surface area contributed by atoms with E-state index in [4.69, 9.17) is 23.4 Å². The third-order valence-electron chi connectivity index (χ3n) is 3.33. The van der Waals surface area contributed by atoms with Crippen molar-refractivity contribution in [1.29, 1.82) is 0 Å². The van der Waals surface area contributed by atoms with Gasteiger partial charge in [-0.2, -0.15) is 0 Å². The lowest BCUT2D eigenvalue weighted by Gasteiger charge is -2.21. The van der Waals surface area contributed by atoms with Crippen LogP contribution in [0.3, 0.4) is 0 Å². The van der Waals surface area contributed by atoms with Crippen molar-refractivity contribution >= 4 is 17.4 Å². The predicted octanol–water partition coefficient (Wildman–Crippen LogP) is 3.02. The zero-order valence-electron chi connectivity index (χ0n) is 11.0. The van der Waals surface area contributed by atoms with Gasteiger partial charge in [-0.05, 0) is 43.5 Å². The number of hydrogen-bond acceptors (Lipinski definition) is 2. The molecular formula is C16H19NOS. The van der Waals surface area contributed by atoms with E-state index in [2.05, 4.69) is 23.0 Å². The SMILES string of the molecule is C#CC(CCc1ccccc1)OC(=S)N1CCCC1. The van der Waals surface area contributed by atoms with Crippen molar-refractivity contribution in [1.82, 2.24) is 4.90 Å². The normalized spacial score (nSPS) is 15.8. The standard InChI is InChI=1S/C16H19NOS/c1-2-15(11-10-14-8-4-3-5-9-14)18-16(19)17-12-6-7-13-17/h1,3-5,8-9,15H,6-7,10-13H2. The Morgan fingerprint density at radius 3 is 2.63 bits per heavy atom. The average molecular weight is 273 g/mol. The van der Waals surface area contributed by atoms with Gasteiger partial charge in [-0.1, -0.05) is 36.3 Å². The largest absolute Gasteiger partial charge is 0.454 e. The van der Waals surface area contributed by atoms with Gasteiger partial charge in [0.05, 0.1) is 0 Å². The molecule has 1 aliphatic heterocycles. The minimum absolute atomic E-state index is 0.228. The lowest BCUT2D eigenvalue weighted by atomic mass is 10.1. The minimum atomic E-state index is -0.228. The maximum atomic E-state index is 5.73. The van der Waals surface area contributed by atoms with Gasteiger partial charge in [0.2, 0.25) is 0 Å². The molecule has 0 amide bonds. The highest BCUT2D eigenvalue weighted by Crippen LogP contribution is 2.13. The van der Waals surface area contributed by atoms with E-state index < -0.39 is 0 Å². The van der Waals surface area contributed by atoms with Gasteiger partial charge in [0.25, 0.3) is 5.17 Å². The van der Waals surface area contributed by atoms with E-state index in [0.29, 0.717) is 5.17 Å². The summed E-state index contributed by atoms with van der Waals surface area (Å²) < 4.78 is 5.73. The number of nitrogens with zero attached hydrogens (tertiary/aromatic N) is 1. The van der Waals surface area contributed by atoms with E-state index in [0.717, 1.165) is 25.9 Å². The molecule has 100 valence electrons. The first-order valence-electron chi connectivity index (χ1n) is 6.75. The minimum Gasteiger partial charge on any atom is -0.454 e. The molecule has 0 bridgehead atoms. The van der Waals surface area contributed by atoms with Crippen LogP contribution < -0.4 is 0 Å². The van der Waals surface area contributed by atoms with Gasteiger partial charge in [-0.3, -0.25) is 0 Å². The smallest absolute Gasteiger partial charge is 0.260 e. The van der Waals surface area contributed by atoms with Crippen molar-refractivity contribution in [3.63, 3.8) is 0 Å². The van der Waals surface area contributed by atoms with E-state index in [1.54, 1.807) is 0 Å². The summed E-state index contributed by atoms with van der Waals surface area (Å²) in [6.45, 7) is 1.99. The van der Waals surface area contributed by atoms with E-state index in [1.807, 2.05) is 18.2 Å². The molecular weight excluding hydrogens is 254 g/mol. The zero-order valence-corrected chi connectivity index (χ0v) is 11.9. The van der Waals surface area contributed by atoms with Crippen LogP contribution in [0.2, 0.25) is 0 Å². The van der Waals surface area contributed by atoms with Gasteiger partial charge in [-0.25, -0.2) is 0 Å². The molecule has 0 spiro atoms. The molecule has 0 radical (unpaired) electrons. The molecule has 1 heterocycles. The highest BCUT2D eigenvalue weighted by molar-refractivity contribution is 7.80. The Morgan fingerprint density at radius 2 is 2.00 bits per heavy atom. The van der Waals surface area contributed by atoms with Crippen LogP contribution in [0.15, 0.2) is 30.3 Å². The van der Waals surface area contributed by atoms with E-state index in [9.17, 15) is 0 Å². The van der Waals surface area contributed by atoms with Crippen molar-refractivity contribution in [3.05, 3.63) is 35.9 Å². The number of thiocarbonyl (C=S) groups is 1. The van der Waals surface area contributed by atoms with Gasteiger partial charge >= 0.3 is 0 Å². The topological polar surface area (TPSA) is 12.5 Å². The summed E-state index contributed by atoms with van der Waals surface area (Å²) in [6, 6.07) is 10.3. The summed E-state index contributed by atoms with van der Waals surface area (Å²) in [5.41, 5.74) is 1.28. The van der Waals surface area contributed by atoms with Crippen LogP contribution in [-0.2, 0) is 11.2 Å². The van der Waals surface area contributed by atoms with Crippen molar-refractivity contribution in [2.45, 2.75) is 31.8 Å². The van der Waals surface area contributed by atoms with Crippen LogP contribution in [-0.4, -0.2) is 29.3 Å².